The van der Waals surface area contributed by atoms with E-state index in [9.17, 15) is 4.79 Å². The van der Waals surface area contributed by atoms with E-state index in [0.717, 1.165) is 22.5 Å². The third kappa shape index (κ3) is 3.98. The monoisotopic (exact) mass is 385 g/mol. The van der Waals surface area contributed by atoms with Crippen LogP contribution in [0.1, 0.15) is 28.9 Å². The maximum Gasteiger partial charge on any atom is 0.306 e. The summed E-state index contributed by atoms with van der Waals surface area (Å²) in [5.41, 5.74) is 8.96. The highest BCUT2D eigenvalue weighted by Crippen LogP contribution is 2.25. The number of hydrogen-bond donors (Lipinski definition) is 1. The molecule has 9 heteroatoms. The molecule has 0 saturated carbocycles. The van der Waals surface area contributed by atoms with E-state index in [1.807, 2.05) is 13.8 Å². The Labute approximate surface area is 162 Å². The molecule has 2 aromatic heterocycles. The maximum atomic E-state index is 12.3. The van der Waals surface area contributed by atoms with E-state index in [0.29, 0.717) is 23.7 Å². The molecule has 9 nitrogen and oxygen atoms in total. The molecule has 0 aliphatic rings. The molecule has 3 rings (SSSR count). The van der Waals surface area contributed by atoms with Gasteiger partial charge in [-0.15, -0.1) is 5.10 Å². The molecule has 0 aliphatic carbocycles. The summed E-state index contributed by atoms with van der Waals surface area (Å²) in [6.07, 6.45) is 0.694. The fourth-order valence-corrected chi connectivity index (χ4v) is 3.04. The molecule has 148 valence electrons. The van der Waals surface area contributed by atoms with Crippen molar-refractivity contribution in [3.05, 3.63) is 40.7 Å². The minimum Gasteiger partial charge on any atom is -0.497 e. The summed E-state index contributed by atoms with van der Waals surface area (Å²) in [4.78, 5) is 20.7. The van der Waals surface area contributed by atoms with E-state index in [1.165, 1.54) is 0 Å². The fraction of sp³-hybridized carbons (Fsp3) is 0.368. The van der Waals surface area contributed by atoms with Crippen molar-refractivity contribution in [1.29, 1.82) is 0 Å². The van der Waals surface area contributed by atoms with Crippen molar-refractivity contribution in [2.75, 3.05) is 20.0 Å². The molecule has 0 aliphatic heterocycles. The predicted molar refractivity (Wildman–Crippen MR) is 102 cm³/mol. The minimum absolute atomic E-state index is 0.105. The van der Waals surface area contributed by atoms with Crippen LogP contribution in [-0.4, -0.2) is 39.8 Å². The van der Waals surface area contributed by atoms with Crippen molar-refractivity contribution >= 4 is 17.7 Å². The summed E-state index contributed by atoms with van der Waals surface area (Å²) in [7, 11) is 3.15. The average molecular weight is 385 g/mol. The summed E-state index contributed by atoms with van der Waals surface area (Å²) in [5.74, 6) is 1.60. The van der Waals surface area contributed by atoms with Crippen LogP contribution >= 0.6 is 0 Å². The number of methoxy groups -OCH3 is 2. The Morgan fingerprint density at radius 3 is 2.68 bits per heavy atom. The van der Waals surface area contributed by atoms with E-state index < -0.39 is 0 Å². The number of anilines is 1. The third-order valence-corrected chi connectivity index (χ3v) is 4.52. The molecule has 0 radical (unpaired) electrons. The lowest BCUT2D eigenvalue weighted by molar-refractivity contribution is -0.144. The van der Waals surface area contributed by atoms with Crippen LogP contribution in [0, 0.1) is 13.8 Å². The summed E-state index contributed by atoms with van der Waals surface area (Å²) in [6.45, 7) is 3.88. The Hall–Kier alpha value is -3.36. The van der Waals surface area contributed by atoms with E-state index in [1.54, 1.807) is 36.9 Å². The molecule has 3 aromatic rings. The Morgan fingerprint density at radius 2 is 1.96 bits per heavy atom. The van der Waals surface area contributed by atoms with Crippen molar-refractivity contribution in [2.24, 2.45) is 0 Å². The van der Waals surface area contributed by atoms with Crippen LogP contribution in [0.3, 0.4) is 0 Å². The van der Waals surface area contributed by atoms with Crippen LogP contribution in [-0.2, 0) is 22.6 Å². The van der Waals surface area contributed by atoms with E-state index in [-0.39, 0.29) is 24.9 Å². The largest absolute Gasteiger partial charge is 0.497 e. The predicted octanol–water partition coefficient (Wildman–Crippen LogP) is 2.02. The summed E-state index contributed by atoms with van der Waals surface area (Å²) < 4.78 is 17.5. The number of carbonyl (C=O) groups excluding carboxylic acids is 1. The lowest BCUT2D eigenvalue weighted by atomic mass is 10.1. The summed E-state index contributed by atoms with van der Waals surface area (Å²) >= 11 is 0. The standard InChI is InChI=1S/C19H23N5O4/c1-11-15(12(2)24-19(21-11)22-18(20)23-24)6-8-17(25)28-10-13-9-14(26-3)5-7-16(13)27-4/h5,7,9H,6,8,10H2,1-4H3,(H2,20,23). The molecule has 0 atom stereocenters. The molecule has 0 unspecified atom stereocenters. The summed E-state index contributed by atoms with van der Waals surface area (Å²) in [5, 5.41) is 4.13. The number of rotatable bonds is 7. The highest BCUT2D eigenvalue weighted by atomic mass is 16.5. The number of aryl methyl sites for hydroxylation is 2. The molecule has 0 fully saturated rings. The lowest BCUT2D eigenvalue weighted by Crippen LogP contribution is -2.10. The van der Waals surface area contributed by atoms with Crippen LogP contribution in [0.25, 0.3) is 5.78 Å². The quantitative estimate of drug-likeness (QED) is 0.615. The molecule has 0 saturated heterocycles. The molecule has 28 heavy (non-hydrogen) atoms. The first-order valence-electron chi connectivity index (χ1n) is 8.77. The maximum absolute atomic E-state index is 12.3. The molecular weight excluding hydrogens is 362 g/mol. The topological polar surface area (TPSA) is 114 Å². The molecule has 0 bridgehead atoms. The van der Waals surface area contributed by atoms with Gasteiger partial charge in [-0.2, -0.15) is 9.50 Å². The van der Waals surface area contributed by atoms with Gasteiger partial charge in [0.1, 0.15) is 18.1 Å². The van der Waals surface area contributed by atoms with Crippen molar-refractivity contribution < 1.29 is 19.0 Å². The SMILES string of the molecule is COc1ccc(OC)c(COC(=O)CCc2c(C)nc3nc(N)nn3c2C)c1. The van der Waals surface area contributed by atoms with Crippen molar-refractivity contribution in [3.63, 3.8) is 0 Å². The number of ether oxygens (including phenoxy) is 3. The van der Waals surface area contributed by atoms with Crippen molar-refractivity contribution in [2.45, 2.75) is 33.3 Å². The lowest BCUT2D eigenvalue weighted by Gasteiger charge is -2.12. The number of nitrogen functional groups attached to an aromatic ring is 1. The number of aromatic nitrogens is 4. The third-order valence-electron chi connectivity index (χ3n) is 4.52. The van der Waals surface area contributed by atoms with Crippen LogP contribution in [0.5, 0.6) is 11.5 Å². The van der Waals surface area contributed by atoms with Gasteiger partial charge in [-0.05, 0) is 44.0 Å². The van der Waals surface area contributed by atoms with Crippen LogP contribution in [0.15, 0.2) is 18.2 Å². The highest BCUT2D eigenvalue weighted by molar-refractivity contribution is 5.70. The highest BCUT2D eigenvalue weighted by Gasteiger charge is 2.15. The van der Waals surface area contributed by atoms with Crippen LogP contribution in [0.4, 0.5) is 5.95 Å². The van der Waals surface area contributed by atoms with Gasteiger partial charge in [-0.1, -0.05) is 0 Å². The molecule has 0 spiro atoms. The van der Waals surface area contributed by atoms with Gasteiger partial charge >= 0.3 is 5.97 Å². The first-order valence-corrected chi connectivity index (χ1v) is 8.77. The fourth-order valence-electron chi connectivity index (χ4n) is 3.04. The smallest absolute Gasteiger partial charge is 0.306 e. The second-order valence-corrected chi connectivity index (χ2v) is 6.28. The van der Waals surface area contributed by atoms with Gasteiger partial charge in [0, 0.05) is 23.4 Å². The van der Waals surface area contributed by atoms with E-state index >= 15 is 0 Å². The van der Waals surface area contributed by atoms with Gasteiger partial charge in [-0.3, -0.25) is 4.79 Å². The Morgan fingerprint density at radius 1 is 1.18 bits per heavy atom. The zero-order valence-corrected chi connectivity index (χ0v) is 16.4. The minimum atomic E-state index is -0.318. The van der Waals surface area contributed by atoms with Crippen molar-refractivity contribution in [3.8, 4) is 11.5 Å². The van der Waals surface area contributed by atoms with Gasteiger partial charge in [0.25, 0.3) is 5.78 Å². The number of nitrogens with zero attached hydrogens (tertiary/aromatic N) is 4. The van der Waals surface area contributed by atoms with E-state index in [4.69, 9.17) is 19.9 Å². The van der Waals surface area contributed by atoms with Gasteiger partial charge in [-0.25, -0.2) is 4.98 Å². The number of benzene rings is 1. The van der Waals surface area contributed by atoms with Crippen molar-refractivity contribution in [1.82, 2.24) is 19.6 Å². The zero-order chi connectivity index (χ0) is 20.3. The summed E-state index contributed by atoms with van der Waals surface area (Å²) in [6, 6.07) is 5.35. The second-order valence-electron chi connectivity index (χ2n) is 6.28. The molecular formula is C19H23N5O4. The first kappa shape index (κ1) is 19.4. The van der Waals surface area contributed by atoms with Gasteiger partial charge in [0.2, 0.25) is 5.95 Å². The first-order chi connectivity index (χ1) is 13.4. The van der Waals surface area contributed by atoms with Crippen LogP contribution in [0.2, 0.25) is 0 Å². The van der Waals surface area contributed by atoms with Gasteiger partial charge in [0.05, 0.1) is 14.2 Å². The van der Waals surface area contributed by atoms with Gasteiger partial charge < -0.3 is 19.9 Å². The molecule has 2 heterocycles. The zero-order valence-electron chi connectivity index (χ0n) is 16.4. The molecule has 0 amide bonds. The number of fused-ring (bicyclic) bond motifs is 1. The number of carbonyl (C=O) groups is 1. The normalized spacial score (nSPS) is 10.9. The second kappa shape index (κ2) is 8.12. The molecule has 2 N–H and O–H groups in total. The van der Waals surface area contributed by atoms with Crippen LogP contribution < -0.4 is 15.2 Å². The van der Waals surface area contributed by atoms with Gasteiger partial charge in [0.15, 0.2) is 0 Å². The molecule has 1 aromatic carbocycles. The number of esters is 1. The Kier molecular flexibility index (Phi) is 5.62. The number of hydrogen-bond acceptors (Lipinski definition) is 8. The Balaban J connectivity index is 1.66. The average Bonchev–Trinajstić information content (AvgIpc) is 3.06. The van der Waals surface area contributed by atoms with E-state index in [2.05, 4.69) is 15.1 Å². The number of nitrogens with two attached hydrogens (primary N) is 1. The Bertz CT molecular complexity index is 1020.